The van der Waals surface area contributed by atoms with E-state index in [1.807, 2.05) is 0 Å². The lowest BCUT2D eigenvalue weighted by Crippen LogP contribution is -2.23. The van der Waals surface area contributed by atoms with Gasteiger partial charge < -0.3 is 5.32 Å². The molecule has 13 heavy (non-hydrogen) atoms. The molecule has 0 saturated heterocycles. The van der Waals surface area contributed by atoms with E-state index in [0.717, 1.165) is 0 Å². The highest BCUT2D eigenvalue weighted by atomic mass is 19.3. The van der Waals surface area contributed by atoms with Crippen molar-refractivity contribution in [2.45, 2.75) is 24.7 Å². The van der Waals surface area contributed by atoms with Gasteiger partial charge in [-0.1, -0.05) is 0 Å². The third kappa shape index (κ3) is 1.95. The lowest BCUT2D eigenvalue weighted by atomic mass is 10.3. The Kier molecular flexibility index (Phi) is 1.84. The van der Waals surface area contributed by atoms with Crippen molar-refractivity contribution in [2.75, 3.05) is 13.1 Å². The number of nitrogens with one attached hydrogen (secondary N) is 1. The molecule has 0 aliphatic heterocycles. The Morgan fingerprint density at radius 3 is 1.46 bits per heavy atom. The number of alkyl halides is 4. The summed E-state index contributed by atoms with van der Waals surface area (Å²) in [4.78, 5) is 0. The van der Waals surface area contributed by atoms with Crippen LogP contribution in [0.2, 0.25) is 0 Å². The third-order valence-electron chi connectivity index (χ3n) is 2.69. The Hall–Kier alpha value is -0.320. The van der Waals surface area contributed by atoms with E-state index in [1.54, 1.807) is 0 Å². The summed E-state index contributed by atoms with van der Waals surface area (Å²) in [5.74, 6) is -6.34. The maximum absolute atomic E-state index is 12.3. The Balaban J connectivity index is 1.56. The van der Waals surface area contributed by atoms with Gasteiger partial charge in [-0.3, -0.25) is 0 Å². The zero-order valence-electron chi connectivity index (χ0n) is 6.99. The molecule has 0 aromatic carbocycles. The first-order valence-electron chi connectivity index (χ1n) is 4.38. The minimum absolute atomic E-state index is 0.0962. The van der Waals surface area contributed by atoms with Gasteiger partial charge in [-0.15, -0.1) is 0 Å². The molecule has 0 radical (unpaired) electrons. The van der Waals surface area contributed by atoms with E-state index >= 15 is 0 Å². The van der Waals surface area contributed by atoms with E-state index in [1.165, 1.54) is 0 Å². The highest BCUT2D eigenvalue weighted by Crippen LogP contribution is 2.49. The highest BCUT2D eigenvalue weighted by molar-refractivity contribution is 4.99. The van der Waals surface area contributed by atoms with Crippen molar-refractivity contribution >= 4 is 0 Å². The summed E-state index contributed by atoms with van der Waals surface area (Å²) >= 11 is 0. The van der Waals surface area contributed by atoms with Crippen molar-refractivity contribution in [3.63, 3.8) is 0 Å². The lowest BCUT2D eigenvalue weighted by molar-refractivity contribution is 0.0940. The van der Waals surface area contributed by atoms with Gasteiger partial charge in [0.1, 0.15) is 0 Å². The van der Waals surface area contributed by atoms with Gasteiger partial charge in [0, 0.05) is 37.8 Å². The van der Waals surface area contributed by atoms with Crippen LogP contribution in [0.1, 0.15) is 12.8 Å². The molecule has 0 aromatic rings. The second kappa shape index (κ2) is 2.59. The maximum atomic E-state index is 12.3. The van der Waals surface area contributed by atoms with Crippen molar-refractivity contribution < 1.29 is 17.6 Å². The van der Waals surface area contributed by atoms with Gasteiger partial charge in [-0.25, -0.2) is 17.6 Å². The van der Waals surface area contributed by atoms with E-state index < -0.39 is 23.7 Å². The molecule has 0 heterocycles. The SMILES string of the molecule is FC1(F)C[C@H]1CNC[C@@H]1CC1(F)F. The average Bonchev–Trinajstić information content (AvgIpc) is 2.75. The van der Waals surface area contributed by atoms with Crippen LogP contribution in [0.15, 0.2) is 0 Å². The molecule has 2 rings (SSSR count). The molecule has 2 aliphatic rings. The molecule has 2 fully saturated rings. The van der Waals surface area contributed by atoms with Crippen molar-refractivity contribution in [1.82, 2.24) is 5.32 Å². The van der Waals surface area contributed by atoms with E-state index in [2.05, 4.69) is 5.32 Å². The van der Waals surface area contributed by atoms with E-state index in [0.29, 0.717) is 0 Å². The van der Waals surface area contributed by atoms with E-state index in [9.17, 15) is 17.6 Å². The molecule has 2 atom stereocenters. The van der Waals surface area contributed by atoms with Crippen LogP contribution in [0.25, 0.3) is 0 Å². The number of hydrogen-bond acceptors (Lipinski definition) is 1. The van der Waals surface area contributed by atoms with Gasteiger partial charge in [-0.05, 0) is 0 Å². The second-order valence-corrected chi connectivity index (χ2v) is 3.98. The monoisotopic (exact) mass is 197 g/mol. The first-order valence-corrected chi connectivity index (χ1v) is 4.38. The molecule has 0 aromatic heterocycles. The van der Waals surface area contributed by atoms with Crippen LogP contribution in [0.4, 0.5) is 17.6 Å². The van der Waals surface area contributed by atoms with Gasteiger partial charge in [0.05, 0.1) is 0 Å². The van der Waals surface area contributed by atoms with Gasteiger partial charge in [0.2, 0.25) is 0 Å². The summed E-state index contributed by atoms with van der Waals surface area (Å²) in [6.45, 7) is 0.333. The molecule has 5 heteroatoms. The van der Waals surface area contributed by atoms with Gasteiger partial charge in [0.15, 0.2) is 0 Å². The average molecular weight is 197 g/mol. The minimum atomic E-state index is -2.54. The molecule has 76 valence electrons. The number of rotatable bonds is 4. The first kappa shape index (κ1) is 9.24. The third-order valence-corrected chi connectivity index (χ3v) is 2.69. The van der Waals surface area contributed by atoms with Crippen molar-refractivity contribution in [3.05, 3.63) is 0 Å². The summed E-state index contributed by atoms with van der Waals surface area (Å²) in [7, 11) is 0. The number of hydrogen-bond donors (Lipinski definition) is 1. The predicted octanol–water partition coefficient (Wildman–Crippen LogP) is 1.89. The summed E-state index contributed by atoms with van der Waals surface area (Å²) in [6.07, 6.45) is -0.192. The Morgan fingerprint density at radius 2 is 1.23 bits per heavy atom. The summed E-state index contributed by atoms with van der Waals surface area (Å²) in [5, 5.41) is 2.66. The van der Waals surface area contributed by atoms with Gasteiger partial charge in [-0.2, -0.15) is 0 Å². The van der Waals surface area contributed by atoms with Gasteiger partial charge in [0.25, 0.3) is 11.8 Å². The molecule has 0 spiro atoms. The lowest BCUT2D eigenvalue weighted by Gasteiger charge is -2.02. The van der Waals surface area contributed by atoms with Crippen LogP contribution in [0.3, 0.4) is 0 Å². The molecule has 2 aliphatic carbocycles. The normalized spacial score (nSPS) is 38.8. The van der Waals surface area contributed by atoms with Crippen molar-refractivity contribution in [2.24, 2.45) is 11.8 Å². The van der Waals surface area contributed by atoms with Crippen LogP contribution in [-0.2, 0) is 0 Å². The predicted molar refractivity (Wildman–Crippen MR) is 39.0 cm³/mol. The second-order valence-electron chi connectivity index (χ2n) is 3.98. The Labute approximate surface area is 73.5 Å². The van der Waals surface area contributed by atoms with Crippen LogP contribution >= 0.6 is 0 Å². The summed E-state index contributed by atoms with van der Waals surface area (Å²) < 4.78 is 49.2. The highest BCUT2D eigenvalue weighted by Gasteiger charge is 2.58. The van der Waals surface area contributed by atoms with Crippen LogP contribution < -0.4 is 5.32 Å². The van der Waals surface area contributed by atoms with Gasteiger partial charge >= 0.3 is 0 Å². The fourth-order valence-electron chi connectivity index (χ4n) is 1.41. The van der Waals surface area contributed by atoms with Crippen LogP contribution in [0.5, 0.6) is 0 Å². The van der Waals surface area contributed by atoms with Crippen LogP contribution in [-0.4, -0.2) is 24.9 Å². The first-order chi connectivity index (χ1) is 5.92. The molecule has 0 amide bonds. The van der Waals surface area contributed by atoms with E-state index in [4.69, 9.17) is 0 Å². The topological polar surface area (TPSA) is 12.0 Å². The quantitative estimate of drug-likeness (QED) is 0.678. The molecule has 2 saturated carbocycles. The van der Waals surface area contributed by atoms with E-state index in [-0.39, 0.29) is 25.9 Å². The van der Waals surface area contributed by atoms with Crippen molar-refractivity contribution in [3.8, 4) is 0 Å². The number of halogens is 4. The molecule has 0 bridgehead atoms. The maximum Gasteiger partial charge on any atom is 0.252 e. The molecular weight excluding hydrogens is 186 g/mol. The molecule has 1 N–H and O–H groups in total. The molecule has 1 nitrogen and oxygen atoms in total. The minimum Gasteiger partial charge on any atom is -0.316 e. The molecular formula is C8H11F4N. The summed E-state index contributed by atoms with van der Waals surface area (Å²) in [5.41, 5.74) is 0. The fraction of sp³-hybridized carbons (Fsp3) is 1.00. The Bertz CT molecular complexity index is 194. The van der Waals surface area contributed by atoms with Crippen molar-refractivity contribution in [1.29, 1.82) is 0 Å². The standard InChI is InChI=1S/C8H11F4N/c9-7(10)1-5(7)3-13-4-6-2-8(6,11)12/h5-6,13H,1-4H2/t5-,6-/m0/s1. The zero-order chi connectivity index (χ0) is 9.69. The fourth-order valence-corrected chi connectivity index (χ4v) is 1.41. The zero-order valence-corrected chi connectivity index (χ0v) is 6.99. The van der Waals surface area contributed by atoms with Crippen LogP contribution in [0, 0.1) is 11.8 Å². The smallest absolute Gasteiger partial charge is 0.252 e. The summed E-state index contributed by atoms with van der Waals surface area (Å²) in [6, 6.07) is 0. The molecule has 0 unspecified atom stereocenters. The Morgan fingerprint density at radius 1 is 0.923 bits per heavy atom. The largest absolute Gasteiger partial charge is 0.316 e.